The lowest BCUT2D eigenvalue weighted by Gasteiger charge is -2.42. The lowest BCUT2D eigenvalue weighted by atomic mass is 9.85. The van der Waals surface area contributed by atoms with E-state index < -0.39 is 53.6 Å². The number of ether oxygens (including phenoxy) is 1. The highest BCUT2D eigenvalue weighted by Crippen LogP contribution is 2.36. The Kier molecular flexibility index (Phi) is 19.4. The normalized spacial score (nSPS) is 20.5. The number of rotatable bonds is 19. The molecule has 9 atom stereocenters. The summed E-state index contributed by atoms with van der Waals surface area (Å²) in [7, 11) is 5.21. The van der Waals surface area contributed by atoms with Crippen molar-refractivity contribution in [2.45, 2.75) is 160 Å². The lowest BCUT2D eigenvalue weighted by molar-refractivity contribution is -0.149. The first-order valence-electron chi connectivity index (χ1n) is 29.8. The average molecular weight is 1140 g/mol. The van der Waals surface area contributed by atoms with E-state index in [4.69, 9.17) is 4.74 Å². The van der Waals surface area contributed by atoms with E-state index in [-0.39, 0.29) is 80.1 Å². The summed E-state index contributed by atoms with van der Waals surface area (Å²) in [6, 6.07) is 33.0. The molecule has 0 bridgehead atoms. The fourth-order valence-electron chi connectivity index (χ4n) is 12.3. The number of likely N-dealkylation sites (N-methyl/N-ethyl adjacent to an activating group) is 3. The van der Waals surface area contributed by atoms with Gasteiger partial charge in [-0.1, -0.05) is 118 Å². The number of carbonyl (C=O) groups excluding carboxylic acids is 7. The standard InChI is InChI=1S/C67H83N9O8/c1-41(68-6)60(77)72-55(64(81)75-38-49-20-10-9-19-48(49)36-58(75)65(82)74(8)56-26-16-22-46-18-12-14-24-53(46)56)35-43-29-33-51(34-30-43)84-40-44-27-31-47(32-28-44)62(79)70-50-37-57(63(80)71-54-25-15-21-45-17-11-13-23-52(45)54)76(39-50)66(83)59(67(3,4)5)73-61(78)42(2)69-7/h9-14,17-20,23-24,27-34,41-42,50,54-59,68-69H,15-16,21-22,25-26,35-40H2,1-8H3,(H,70,79)(H,71,80)(H,72,77)(H,73,78). The van der Waals surface area contributed by atoms with Crippen molar-refractivity contribution < 1.29 is 38.3 Å². The van der Waals surface area contributed by atoms with Gasteiger partial charge in [-0.2, -0.15) is 0 Å². The second-order valence-corrected chi connectivity index (χ2v) is 24.3. The van der Waals surface area contributed by atoms with Gasteiger partial charge in [0.05, 0.1) is 24.2 Å². The maximum atomic E-state index is 15.1. The van der Waals surface area contributed by atoms with Crippen molar-refractivity contribution in [1.29, 1.82) is 0 Å². The molecule has 9 unspecified atom stereocenters. The summed E-state index contributed by atoms with van der Waals surface area (Å²) in [5.74, 6) is -1.64. The third-order valence-electron chi connectivity index (χ3n) is 17.5. The molecule has 0 radical (unpaired) electrons. The van der Waals surface area contributed by atoms with Crippen LogP contribution in [0.2, 0.25) is 0 Å². The zero-order valence-electron chi connectivity index (χ0n) is 49.8. The van der Waals surface area contributed by atoms with Crippen LogP contribution in [0, 0.1) is 5.41 Å². The van der Waals surface area contributed by atoms with Crippen LogP contribution in [0.1, 0.15) is 134 Å². The van der Waals surface area contributed by atoms with Crippen LogP contribution in [0.3, 0.4) is 0 Å². The van der Waals surface area contributed by atoms with Crippen LogP contribution in [0.25, 0.3) is 0 Å². The third kappa shape index (κ3) is 14.0. The van der Waals surface area contributed by atoms with E-state index in [0.717, 1.165) is 71.9 Å². The highest BCUT2D eigenvalue weighted by molar-refractivity contribution is 5.97. The molecule has 2 heterocycles. The van der Waals surface area contributed by atoms with E-state index in [0.29, 0.717) is 17.7 Å². The molecule has 6 N–H and O–H groups in total. The van der Waals surface area contributed by atoms with E-state index in [1.807, 2.05) is 124 Å². The smallest absolute Gasteiger partial charge is 0.251 e. The minimum atomic E-state index is -0.981. The summed E-state index contributed by atoms with van der Waals surface area (Å²) < 4.78 is 6.21. The summed E-state index contributed by atoms with van der Waals surface area (Å²) in [4.78, 5) is 105. The fraction of sp³-hybridized carbons (Fsp3) is 0.448. The summed E-state index contributed by atoms with van der Waals surface area (Å²) >= 11 is 0. The Labute approximate surface area is 494 Å². The Bertz CT molecular complexity index is 3200. The van der Waals surface area contributed by atoms with E-state index in [2.05, 4.69) is 50.1 Å². The number of hydrogen-bond donors (Lipinski definition) is 6. The summed E-state index contributed by atoms with van der Waals surface area (Å²) in [5, 5.41) is 18.2. The average Bonchev–Trinajstić information content (AvgIpc) is 3.20. The van der Waals surface area contributed by atoms with Crippen LogP contribution >= 0.6 is 0 Å². The molecular formula is C67H83N9O8. The van der Waals surface area contributed by atoms with Gasteiger partial charge in [-0.3, -0.25) is 33.6 Å². The number of likely N-dealkylation sites (tertiary alicyclic amines) is 1. The van der Waals surface area contributed by atoms with Gasteiger partial charge in [0.15, 0.2) is 0 Å². The topological polar surface area (TPSA) is 211 Å². The zero-order valence-corrected chi connectivity index (χ0v) is 49.8. The third-order valence-corrected chi connectivity index (χ3v) is 17.5. The SMILES string of the molecule is CNC(C)C(=O)NC(Cc1ccc(OCc2ccc(C(=O)NC3CC(C(=O)NC4CCCc5ccccc54)N(C(=O)C(NC(=O)C(C)NC)C(C)(C)C)C3)cc2)cc1)C(=O)N1Cc2ccccc2CC1C(=O)N(C)C1CCCc2ccccc21. The minimum absolute atomic E-state index is 0.0725. The van der Waals surface area contributed by atoms with E-state index in [9.17, 15) is 28.8 Å². The van der Waals surface area contributed by atoms with Crippen molar-refractivity contribution in [2.75, 3.05) is 27.7 Å². The number of amides is 7. The van der Waals surface area contributed by atoms with Gasteiger partial charge in [0.1, 0.15) is 36.5 Å². The largest absolute Gasteiger partial charge is 0.489 e. The quantitative estimate of drug-likeness (QED) is 0.0535. The van der Waals surface area contributed by atoms with Crippen molar-refractivity contribution in [3.05, 3.63) is 171 Å². The van der Waals surface area contributed by atoms with Crippen LogP contribution in [0.15, 0.2) is 121 Å². The van der Waals surface area contributed by atoms with E-state index >= 15 is 4.79 Å². The van der Waals surface area contributed by atoms with Gasteiger partial charge in [0.25, 0.3) is 5.91 Å². The van der Waals surface area contributed by atoms with Crippen molar-refractivity contribution in [3.63, 3.8) is 0 Å². The van der Waals surface area contributed by atoms with E-state index in [1.54, 1.807) is 45.0 Å². The Morgan fingerprint density at radius 3 is 1.88 bits per heavy atom. The molecule has 1 fully saturated rings. The Hall–Kier alpha value is -7.89. The summed E-state index contributed by atoms with van der Waals surface area (Å²) in [5.41, 5.74) is 7.89. The molecule has 17 heteroatoms. The molecule has 2 aliphatic heterocycles. The molecule has 1 saturated heterocycles. The number of carbonyl (C=O) groups is 7. The number of nitrogens with zero attached hydrogens (tertiary/aromatic N) is 3. The van der Waals surface area contributed by atoms with Crippen molar-refractivity contribution in [3.8, 4) is 5.75 Å². The van der Waals surface area contributed by atoms with Crippen LogP contribution < -0.4 is 36.6 Å². The molecule has 84 heavy (non-hydrogen) atoms. The molecule has 5 aromatic carbocycles. The van der Waals surface area contributed by atoms with Crippen molar-refractivity contribution in [1.82, 2.24) is 46.6 Å². The second kappa shape index (κ2) is 26.8. The lowest BCUT2D eigenvalue weighted by Crippen LogP contribution is -2.59. The fourth-order valence-corrected chi connectivity index (χ4v) is 12.3. The molecule has 7 amide bonds. The van der Waals surface area contributed by atoms with Crippen LogP contribution in [-0.2, 0) is 67.6 Å². The number of fused-ring (bicyclic) bond motifs is 3. The van der Waals surface area contributed by atoms with Gasteiger partial charge in [-0.05, 0) is 147 Å². The van der Waals surface area contributed by atoms with Crippen molar-refractivity contribution >= 4 is 41.4 Å². The first-order chi connectivity index (χ1) is 40.3. The first kappa shape index (κ1) is 60.7. The summed E-state index contributed by atoms with van der Waals surface area (Å²) in [6.45, 7) is 9.55. The number of nitrogens with one attached hydrogen (secondary N) is 6. The van der Waals surface area contributed by atoms with Crippen LogP contribution in [0.4, 0.5) is 0 Å². The van der Waals surface area contributed by atoms with Crippen LogP contribution in [-0.4, -0.2) is 126 Å². The molecule has 4 aliphatic rings. The summed E-state index contributed by atoms with van der Waals surface area (Å²) in [6.07, 6.45) is 6.07. The number of benzene rings is 5. The van der Waals surface area contributed by atoms with E-state index in [1.165, 1.54) is 16.0 Å². The molecule has 9 rings (SSSR count). The van der Waals surface area contributed by atoms with Gasteiger partial charge in [-0.25, -0.2) is 0 Å². The van der Waals surface area contributed by atoms with Gasteiger partial charge < -0.3 is 51.3 Å². The maximum absolute atomic E-state index is 15.1. The maximum Gasteiger partial charge on any atom is 0.251 e. The number of aryl methyl sites for hydroxylation is 2. The second-order valence-electron chi connectivity index (χ2n) is 24.3. The molecule has 0 spiro atoms. The predicted octanol–water partition coefficient (Wildman–Crippen LogP) is 6.42. The predicted molar refractivity (Wildman–Crippen MR) is 322 cm³/mol. The Morgan fingerprint density at radius 2 is 1.23 bits per heavy atom. The number of hydrogen-bond acceptors (Lipinski definition) is 10. The molecule has 2 aliphatic carbocycles. The Morgan fingerprint density at radius 1 is 0.643 bits per heavy atom. The molecule has 5 aromatic rings. The highest BCUT2D eigenvalue weighted by Gasteiger charge is 2.47. The Balaban J connectivity index is 0.850. The molecule has 444 valence electrons. The van der Waals surface area contributed by atoms with Crippen molar-refractivity contribution in [2.24, 2.45) is 5.41 Å². The monoisotopic (exact) mass is 1140 g/mol. The molecule has 17 nitrogen and oxygen atoms in total. The molecule has 0 aromatic heterocycles. The zero-order chi connectivity index (χ0) is 59.8. The molecule has 0 saturated carbocycles. The van der Waals surface area contributed by atoms with Gasteiger partial charge in [0.2, 0.25) is 35.4 Å². The molecular weight excluding hydrogens is 1060 g/mol. The minimum Gasteiger partial charge on any atom is -0.489 e. The van der Waals surface area contributed by atoms with Gasteiger partial charge >= 0.3 is 0 Å². The highest BCUT2D eigenvalue weighted by atomic mass is 16.5. The first-order valence-corrected chi connectivity index (χ1v) is 29.8. The van der Waals surface area contributed by atoms with Gasteiger partial charge in [0, 0.05) is 44.6 Å². The van der Waals surface area contributed by atoms with Crippen LogP contribution in [0.5, 0.6) is 5.75 Å². The van der Waals surface area contributed by atoms with Gasteiger partial charge in [-0.15, -0.1) is 0 Å².